The standard InChI is InChI=1S/C10H13N3O2/c11-13(9-4-2-1-3-5-9)10(14)12-8-6-15-7-8/h1-5,8H,6-7,11H2,(H,12,14). The number of carbonyl (C=O) groups excluding carboxylic acids is 1. The Morgan fingerprint density at radius 1 is 1.40 bits per heavy atom. The number of urea groups is 1. The van der Waals surface area contributed by atoms with Crippen LogP contribution in [-0.4, -0.2) is 25.3 Å². The average Bonchev–Trinajstić information content (AvgIpc) is 2.23. The molecule has 80 valence electrons. The summed E-state index contributed by atoms with van der Waals surface area (Å²) in [5.41, 5.74) is 0.662. The zero-order valence-corrected chi connectivity index (χ0v) is 8.22. The molecule has 0 atom stereocenters. The van der Waals surface area contributed by atoms with Crippen molar-refractivity contribution in [3.63, 3.8) is 0 Å². The number of benzene rings is 1. The van der Waals surface area contributed by atoms with Gasteiger partial charge in [0, 0.05) is 0 Å². The Balaban J connectivity index is 1.94. The highest BCUT2D eigenvalue weighted by Gasteiger charge is 2.22. The molecular formula is C10H13N3O2. The monoisotopic (exact) mass is 207 g/mol. The molecule has 15 heavy (non-hydrogen) atoms. The van der Waals surface area contributed by atoms with E-state index in [9.17, 15) is 4.79 Å². The Morgan fingerprint density at radius 3 is 2.60 bits per heavy atom. The van der Waals surface area contributed by atoms with Crippen LogP contribution in [0.3, 0.4) is 0 Å². The Kier molecular flexibility index (Phi) is 2.84. The van der Waals surface area contributed by atoms with Crippen molar-refractivity contribution in [3.8, 4) is 0 Å². The van der Waals surface area contributed by atoms with Crippen molar-refractivity contribution in [1.29, 1.82) is 0 Å². The van der Waals surface area contributed by atoms with Gasteiger partial charge in [0.15, 0.2) is 0 Å². The highest BCUT2D eigenvalue weighted by Crippen LogP contribution is 2.10. The van der Waals surface area contributed by atoms with E-state index < -0.39 is 0 Å². The number of nitrogens with two attached hydrogens (primary N) is 1. The zero-order chi connectivity index (χ0) is 10.7. The lowest BCUT2D eigenvalue weighted by atomic mass is 10.2. The molecule has 1 aliphatic rings. The first-order chi connectivity index (χ1) is 7.27. The molecule has 1 fully saturated rings. The second kappa shape index (κ2) is 4.29. The number of rotatable bonds is 2. The predicted molar refractivity (Wildman–Crippen MR) is 56.2 cm³/mol. The van der Waals surface area contributed by atoms with Crippen LogP contribution in [0.25, 0.3) is 0 Å². The first-order valence-corrected chi connectivity index (χ1v) is 4.75. The Hall–Kier alpha value is -1.59. The second-order valence-corrected chi connectivity index (χ2v) is 3.39. The Labute approximate surface area is 87.8 Å². The molecule has 5 heteroatoms. The van der Waals surface area contributed by atoms with Crippen LogP contribution in [0.15, 0.2) is 30.3 Å². The van der Waals surface area contributed by atoms with Crippen LogP contribution in [-0.2, 0) is 4.74 Å². The lowest BCUT2D eigenvalue weighted by molar-refractivity contribution is 0.000376. The molecule has 1 aromatic rings. The smallest absolute Gasteiger partial charge is 0.336 e. The number of carbonyl (C=O) groups is 1. The third kappa shape index (κ3) is 2.26. The molecule has 0 aliphatic carbocycles. The molecule has 0 radical (unpaired) electrons. The van der Waals surface area contributed by atoms with Gasteiger partial charge in [-0.15, -0.1) is 0 Å². The van der Waals surface area contributed by atoms with Gasteiger partial charge in [-0.2, -0.15) is 0 Å². The molecule has 3 N–H and O–H groups in total. The number of anilines is 1. The summed E-state index contributed by atoms with van der Waals surface area (Å²) in [6, 6.07) is 8.86. The van der Waals surface area contributed by atoms with Crippen molar-refractivity contribution in [3.05, 3.63) is 30.3 Å². The fraction of sp³-hybridized carbons (Fsp3) is 0.300. The molecule has 1 saturated heterocycles. The molecule has 2 amide bonds. The average molecular weight is 207 g/mol. The summed E-state index contributed by atoms with van der Waals surface area (Å²) in [5.74, 6) is 5.65. The summed E-state index contributed by atoms with van der Waals surface area (Å²) < 4.78 is 4.95. The van der Waals surface area contributed by atoms with Crippen LogP contribution >= 0.6 is 0 Å². The predicted octanol–water partition coefficient (Wildman–Crippen LogP) is 0.475. The van der Waals surface area contributed by atoms with Crippen molar-refractivity contribution in [1.82, 2.24) is 5.32 Å². The van der Waals surface area contributed by atoms with Gasteiger partial charge in [-0.1, -0.05) is 18.2 Å². The van der Waals surface area contributed by atoms with Gasteiger partial charge in [0.25, 0.3) is 0 Å². The highest BCUT2D eigenvalue weighted by atomic mass is 16.5. The number of nitrogens with zero attached hydrogens (tertiary/aromatic N) is 1. The second-order valence-electron chi connectivity index (χ2n) is 3.39. The normalized spacial score (nSPS) is 15.5. The first kappa shape index (κ1) is 9.95. The van der Waals surface area contributed by atoms with Crippen LogP contribution in [0.2, 0.25) is 0 Å². The summed E-state index contributed by atoms with van der Waals surface area (Å²) in [4.78, 5) is 11.6. The van der Waals surface area contributed by atoms with Crippen LogP contribution in [0, 0.1) is 0 Å². The lowest BCUT2D eigenvalue weighted by Crippen LogP contribution is -2.55. The highest BCUT2D eigenvalue weighted by molar-refractivity contribution is 5.90. The van der Waals surface area contributed by atoms with Gasteiger partial charge >= 0.3 is 6.03 Å². The van der Waals surface area contributed by atoms with Gasteiger partial charge in [-0.3, -0.25) is 0 Å². The summed E-state index contributed by atoms with van der Waals surface area (Å²) in [5, 5.41) is 3.85. The van der Waals surface area contributed by atoms with Gasteiger partial charge in [-0.05, 0) is 12.1 Å². The zero-order valence-electron chi connectivity index (χ0n) is 8.22. The van der Waals surface area contributed by atoms with Gasteiger partial charge in [0.1, 0.15) is 0 Å². The number of para-hydroxylation sites is 1. The van der Waals surface area contributed by atoms with E-state index in [1.807, 2.05) is 18.2 Å². The van der Waals surface area contributed by atoms with Crippen LogP contribution < -0.4 is 16.2 Å². The quantitative estimate of drug-likeness (QED) is 0.421. The fourth-order valence-electron chi connectivity index (χ4n) is 1.27. The Morgan fingerprint density at radius 2 is 2.07 bits per heavy atom. The maximum absolute atomic E-state index is 11.6. The van der Waals surface area contributed by atoms with Crippen molar-refractivity contribution in [2.75, 3.05) is 18.2 Å². The molecule has 0 spiro atoms. The Bertz CT molecular complexity index is 338. The third-order valence-electron chi connectivity index (χ3n) is 2.22. The van der Waals surface area contributed by atoms with E-state index in [0.717, 1.165) is 5.01 Å². The molecule has 0 saturated carbocycles. The van der Waals surface area contributed by atoms with Crippen molar-refractivity contribution >= 4 is 11.7 Å². The van der Waals surface area contributed by atoms with E-state index in [0.29, 0.717) is 18.9 Å². The molecule has 5 nitrogen and oxygen atoms in total. The van der Waals surface area contributed by atoms with Gasteiger partial charge in [0.2, 0.25) is 0 Å². The SMILES string of the molecule is NN(C(=O)NC1COC1)c1ccccc1. The van der Waals surface area contributed by atoms with Crippen LogP contribution in [0.1, 0.15) is 0 Å². The number of hydrogen-bond acceptors (Lipinski definition) is 3. The maximum atomic E-state index is 11.6. The van der Waals surface area contributed by atoms with Crippen LogP contribution in [0.4, 0.5) is 10.5 Å². The minimum Gasteiger partial charge on any atom is -0.377 e. The molecule has 0 aromatic heterocycles. The van der Waals surface area contributed by atoms with Gasteiger partial charge in [-0.25, -0.2) is 15.6 Å². The molecule has 1 aromatic carbocycles. The van der Waals surface area contributed by atoms with E-state index in [1.54, 1.807) is 12.1 Å². The van der Waals surface area contributed by atoms with E-state index in [2.05, 4.69) is 5.32 Å². The van der Waals surface area contributed by atoms with Crippen molar-refractivity contribution in [2.24, 2.45) is 5.84 Å². The summed E-state index contributed by atoms with van der Waals surface area (Å²) in [6.07, 6.45) is 0. The van der Waals surface area contributed by atoms with E-state index in [4.69, 9.17) is 10.6 Å². The minimum absolute atomic E-state index is 0.0901. The van der Waals surface area contributed by atoms with Crippen LogP contribution in [0.5, 0.6) is 0 Å². The minimum atomic E-state index is -0.311. The summed E-state index contributed by atoms with van der Waals surface area (Å²) in [6.45, 7) is 1.13. The van der Waals surface area contributed by atoms with Crippen molar-refractivity contribution in [2.45, 2.75) is 6.04 Å². The topological polar surface area (TPSA) is 67.6 Å². The summed E-state index contributed by atoms with van der Waals surface area (Å²) in [7, 11) is 0. The third-order valence-corrected chi connectivity index (χ3v) is 2.22. The molecule has 2 rings (SSSR count). The largest absolute Gasteiger partial charge is 0.377 e. The van der Waals surface area contributed by atoms with E-state index in [-0.39, 0.29) is 12.1 Å². The molecule has 0 unspecified atom stereocenters. The van der Waals surface area contributed by atoms with Crippen molar-refractivity contribution < 1.29 is 9.53 Å². The first-order valence-electron chi connectivity index (χ1n) is 4.75. The molecule has 1 heterocycles. The molecular weight excluding hydrogens is 194 g/mol. The van der Waals surface area contributed by atoms with Gasteiger partial charge < -0.3 is 10.1 Å². The molecule has 0 bridgehead atoms. The number of nitrogens with one attached hydrogen (secondary N) is 1. The number of ether oxygens (including phenoxy) is 1. The maximum Gasteiger partial charge on any atom is 0.336 e. The summed E-state index contributed by atoms with van der Waals surface area (Å²) >= 11 is 0. The fourth-order valence-corrected chi connectivity index (χ4v) is 1.27. The number of amides is 2. The van der Waals surface area contributed by atoms with Gasteiger partial charge in [0.05, 0.1) is 24.9 Å². The van der Waals surface area contributed by atoms with E-state index in [1.165, 1.54) is 0 Å². The molecule has 1 aliphatic heterocycles. The lowest BCUT2D eigenvalue weighted by Gasteiger charge is -2.28. The van der Waals surface area contributed by atoms with E-state index >= 15 is 0 Å². The number of hydrazine groups is 1. The number of hydrogen-bond donors (Lipinski definition) is 2.